The van der Waals surface area contributed by atoms with Gasteiger partial charge in [0, 0.05) is 5.56 Å². The van der Waals surface area contributed by atoms with E-state index in [-0.39, 0.29) is 12.6 Å². The number of rotatable bonds is 7. The van der Waals surface area contributed by atoms with E-state index in [1.807, 2.05) is 31.2 Å². The minimum atomic E-state index is -0.521. The molecule has 1 aliphatic rings. The molecule has 4 rings (SSSR count). The zero-order valence-electron chi connectivity index (χ0n) is 16.9. The number of carbonyl (C=O) groups is 2. The van der Waals surface area contributed by atoms with Crippen LogP contribution in [0.1, 0.15) is 33.2 Å². The Morgan fingerprint density at radius 3 is 2.29 bits per heavy atom. The van der Waals surface area contributed by atoms with Crippen molar-refractivity contribution in [3.05, 3.63) is 89.5 Å². The monoisotopic (exact) mass is 416 g/mol. The van der Waals surface area contributed by atoms with E-state index in [1.165, 1.54) is 6.08 Å². The Labute approximate surface area is 179 Å². The minimum absolute atomic E-state index is 0.135. The molecule has 0 amide bonds. The van der Waals surface area contributed by atoms with Crippen LogP contribution in [0.3, 0.4) is 0 Å². The lowest BCUT2D eigenvalue weighted by Crippen LogP contribution is -2.08. The summed E-state index contributed by atoms with van der Waals surface area (Å²) >= 11 is 0. The first-order valence-corrected chi connectivity index (χ1v) is 9.79. The predicted octanol–water partition coefficient (Wildman–Crippen LogP) is 4.93. The van der Waals surface area contributed by atoms with Crippen LogP contribution in [0, 0.1) is 0 Å². The molecule has 156 valence electrons. The van der Waals surface area contributed by atoms with E-state index in [0.717, 1.165) is 11.3 Å². The number of ether oxygens (including phenoxy) is 4. The fourth-order valence-corrected chi connectivity index (χ4v) is 2.99. The molecular formula is C25H20O6. The Morgan fingerprint density at radius 1 is 0.871 bits per heavy atom. The van der Waals surface area contributed by atoms with Gasteiger partial charge < -0.3 is 18.9 Å². The lowest BCUT2D eigenvalue weighted by molar-refractivity contribution is 0.0734. The first kappa shape index (κ1) is 20.2. The molecule has 0 unspecified atom stereocenters. The van der Waals surface area contributed by atoms with Gasteiger partial charge in [0.1, 0.15) is 11.5 Å². The normalized spacial score (nSPS) is 12.0. The molecular weight excluding hydrogens is 396 g/mol. The zero-order chi connectivity index (χ0) is 21.6. The number of carbonyl (C=O) groups excluding carboxylic acids is 2. The molecule has 0 bridgehead atoms. The van der Waals surface area contributed by atoms with Crippen LogP contribution in [-0.2, 0) is 0 Å². The van der Waals surface area contributed by atoms with Crippen molar-refractivity contribution in [2.24, 2.45) is 0 Å². The maximum atomic E-state index is 12.4. The van der Waals surface area contributed by atoms with Crippen LogP contribution < -0.4 is 18.9 Å². The van der Waals surface area contributed by atoms with Gasteiger partial charge in [0.25, 0.3) is 0 Å². The number of allylic oxidation sites excluding steroid dienone is 1. The molecule has 1 aliphatic heterocycles. The summed E-state index contributed by atoms with van der Waals surface area (Å²) in [6.07, 6.45) is 3.24. The first-order chi connectivity index (χ1) is 15.1. The molecule has 3 aromatic carbocycles. The summed E-state index contributed by atoms with van der Waals surface area (Å²) in [7, 11) is 0. The van der Waals surface area contributed by atoms with Crippen molar-refractivity contribution in [1.82, 2.24) is 0 Å². The van der Waals surface area contributed by atoms with Crippen LogP contribution in [0.5, 0.6) is 23.0 Å². The van der Waals surface area contributed by atoms with Crippen LogP contribution in [0.15, 0.2) is 72.8 Å². The number of hydrogen-bond acceptors (Lipinski definition) is 6. The van der Waals surface area contributed by atoms with E-state index < -0.39 is 5.97 Å². The average molecular weight is 416 g/mol. The van der Waals surface area contributed by atoms with Crippen LogP contribution >= 0.6 is 0 Å². The molecule has 1 heterocycles. The standard InChI is InChI=1S/C25H20O6/c1-2-28-20-9-3-17(4-10-20)5-13-22(26)18-6-11-21(12-7-18)31-25(27)19-8-14-23-24(15-19)30-16-29-23/h3-15H,2,16H2,1H3/b13-5+. The van der Waals surface area contributed by atoms with Crippen LogP contribution in [0.2, 0.25) is 0 Å². The topological polar surface area (TPSA) is 71.1 Å². The highest BCUT2D eigenvalue weighted by Crippen LogP contribution is 2.32. The summed E-state index contributed by atoms with van der Waals surface area (Å²) in [5, 5.41) is 0. The Bertz CT molecular complexity index is 1110. The minimum Gasteiger partial charge on any atom is -0.494 e. The molecule has 6 heteroatoms. The van der Waals surface area contributed by atoms with E-state index >= 15 is 0 Å². The molecule has 31 heavy (non-hydrogen) atoms. The fourth-order valence-electron chi connectivity index (χ4n) is 2.99. The van der Waals surface area contributed by atoms with Gasteiger partial charge in [0.2, 0.25) is 6.79 Å². The van der Waals surface area contributed by atoms with E-state index in [1.54, 1.807) is 48.5 Å². The molecule has 0 fully saturated rings. The van der Waals surface area contributed by atoms with Gasteiger partial charge in [0.05, 0.1) is 12.2 Å². The van der Waals surface area contributed by atoms with Crippen LogP contribution in [0.4, 0.5) is 0 Å². The molecule has 0 saturated carbocycles. The lowest BCUT2D eigenvalue weighted by atomic mass is 10.1. The van der Waals surface area contributed by atoms with Gasteiger partial charge in [-0.1, -0.05) is 18.2 Å². The van der Waals surface area contributed by atoms with E-state index in [9.17, 15) is 9.59 Å². The third-order valence-electron chi connectivity index (χ3n) is 4.58. The molecule has 0 saturated heterocycles. The third kappa shape index (κ3) is 4.93. The smallest absolute Gasteiger partial charge is 0.343 e. The van der Waals surface area contributed by atoms with Gasteiger partial charge in [-0.05, 0) is 73.2 Å². The second-order valence-corrected chi connectivity index (χ2v) is 6.68. The highest BCUT2D eigenvalue weighted by Gasteiger charge is 2.17. The largest absolute Gasteiger partial charge is 0.494 e. The Balaban J connectivity index is 1.37. The summed E-state index contributed by atoms with van der Waals surface area (Å²) < 4.78 is 21.3. The maximum absolute atomic E-state index is 12.4. The van der Waals surface area contributed by atoms with E-state index in [2.05, 4.69) is 0 Å². The van der Waals surface area contributed by atoms with Crippen molar-refractivity contribution < 1.29 is 28.5 Å². The van der Waals surface area contributed by atoms with Crippen molar-refractivity contribution in [3.8, 4) is 23.0 Å². The highest BCUT2D eigenvalue weighted by molar-refractivity contribution is 6.06. The van der Waals surface area contributed by atoms with E-state index in [0.29, 0.717) is 35.0 Å². The van der Waals surface area contributed by atoms with Gasteiger partial charge in [-0.15, -0.1) is 0 Å². The Morgan fingerprint density at radius 2 is 1.55 bits per heavy atom. The molecule has 0 radical (unpaired) electrons. The van der Waals surface area contributed by atoms with Crippen LogP contribution in [-0.4, -0.2) is 25.2 Å². The number of esters is 1. The lowest BCUT2D eigenvalue weighted by Gasteiger charge is -2.06. The molecule has 0 atom stereocenters. The number of ketones is 1. The molecule has 0 spiro atoms. The maximum Gasteiger partial charge on any atom is 0.343 e. The summed E-state index contributed by atoms with van der Waals surface area (Å²) in [4.78, 5) is 24.8. The van der Waals surface area contributed by atoms with E-state index in [4.69, 9.17) is 18.9 Å². The fraction of sp³-hybridized carbons (Fsp3) is 0.120. The predicted molar refractivity (Wildman–Crippen MR) is 115 cm³/mol. The summed E-state index contributed by atoms with van der Waals surface area (Å²) in [6.45, 7) is 2.67. The quantitative estimate of drug-likeness (QED) is 0.235. The van der Waals surface area contributed by atoms with Crippen molar-refractivity contribution >= 4 is 17.8 Å². The molecule has 6 nitrogen and oxygen atoms in total. The number of benzene rings is 3. The molecule has 3 aromatic rings. The first-order valence-electron chi connectivity index (χ1n) is 9.79. The van der Waals surface area contributed by atoms with Gasteiger partial charge in [-0.2, -0.15) is 0 Å². The molecule has 0 aliphatic carbocycles. The molecule has 0 N–H and O–H groups in total. The highest BCUT2D eigenvalue weighted by atomic mass is 16.7. The SMILES string of the molecule is CCOc1ccc(/C=C/C(=O)c2ccc(OC(=O)c3ccc4c(c3)OCO4)cc2)cc1. The van der Waals surface area contributed by atoms with Gasteiger partial charge in [-0.3, -0.25) is 4.79 Å². The van der Waals surface area contributed by atoms with Crippen molar-refractivity contribution in [3.63, 3.8) is 0 Å². The molecule has 0 aromatic heterocycles. The zero-order valence-corrected chi connectivity index (χ0v) is 16.9. The Hall–Kier alpha value is -4.06. The van der Waals surface area contributed by atoms with Gasteiger partial charge in [-0.25, -0.2) is 4.79 Å². The van der Waals surface area contributed by atoms with Gasteiger partial charge >= 0.3 is 5.97 Å². The third-order valence-corrected chi connectivity index (χ3v) is 4.58. The summed E-state index contributed by atoms with van der Waals surface area (Å²) in [6, 6.07) is 18.7. The summed E-state index contributed by atoms with van der Waals surface area (Å²) in [5.74, 6) is 1.56. The van der Waals surface area contributed by atoms with Crippen molar-refractivity contribution in [2.45, 2.75) is 6.92 Å². The number of hydrogen-bond donors (Lipinski definition) is 0. The second kappa shape index (κ2) is 9.17. The van der Waals surface area contributed by atoms with Crippen molar-refractivity contribution in [2.75, 3.05) is 13.4 Å². The summed E-state index contributed by atoms with van der Waals surface area (Å²) in [5.41, 5.74) is 1.74. The van der Waals surface area contributed by atoms with Crippen molar-refractivity contribution in [1.29, 1.82) is 0 Å². The Kier molecular flexibility index (Phi) is 5.98. The van der Waals surface area contributed by atoms with Gasteiger partial charge in [0.15, 0.2) is 17.3 Å². The van der Waals surface area contributed by atoms with Crippen LogP contribution in [0.25, 0.3) is 6.08 Å². The second-order valence-electron chi connectivity index (χ2n) is 6.68. The number of fused-ring (bicyclic) bond motifs is 1. The average Bonchev–Trinajstić information content (AvgIpc) is 3.27.